The zero-order valence-corrected chi connectivity index (χ0v) is 23.8. The molecule has 0 aliphatic carbocycles. The van der Waals surface area contributed by atoms with Crippen molar-refractivity contribution in [2.75, 3.05) is 29.9 Å². The van der Waals surface area contributed by atoms with Crippen LogP contribution in [0.5, 0.6) is 0 Å². The maximum Gasteiger partial charge on any atom is 0.572 e. The number of nitrogens with zero attached hydrogens (tertiary/aromatic N) is 2. The first-order chi connectivity index (χ1) is 20.2. The van der Waals surface area contributed by atoms with E-state index in [-0.39, 0.29) is 29.4 Å². The molecule has 1 aromatic heterocycles. The molecule has 0 atom stereocenters. The van der Waals surface area contributed by atoms with Crippen molar-refractivity contribution in [1.29, 1.82) is 0 Å². The normalized spacial score (nSPS) is 14.2. The van der Waals surface area contributed by atoms with E-state index in [1.807, 2.05) is 0 Å². The van der Waals surface area contributed by atoms with Gasteiger partial charge in [-0.1, -0.05) is 35.4 Å². The summed E-state index contributed by atoms with van der Waals surface area (Å²) in [6, 6.07) is 12.0. The SMILES string of the molecule is C/C(=C\C=C(/C)OC(F)(F)F)CNC(=O)c1cccc(-c2cnc3c(c2)N(Cc2cc(Cl)ccc2C(F)(F)F)CCN3)c1. The van der Waals surface area contributed by atoms with E-state index >= 15 is 0 Å². The van der Waals surface area contributed by atoms with Crippen molar-refractivity contribution in [3.05, 3.63) is 99.9 Å². The number of amides is 1. The number of hydrogen-bond acceptors (Lipinski definition) is 5. The minimum absolute atomic E-state index is 0.0401. The summed E-state index contributed by atoms with van der Waals surface area (Å²) in [5.74, 6) is -0.227. The fourth-order valence-electron chi connectivity index (χ4n) is 4.45. The lowest BCUT2D eigenvalue weighted by Crippen LogP contribution is -2.34. The lowest BCUT2D eigenvalue weighted by Gasteiger charge is -2.32. The van der Waals surface area contributed by atoms with Crippen LogP contribution in [0.4, 0.5) is 37.8 Å². The van der Waals surface area contributed by atoms with E-state index in [9.17, 15) is 31.1 Å². The van der Waals surface area contributed by atoms with Gasteiger partial charge in [-0.15, -0.1) is 13.2 Å². The Balaban J connectivity index is 1.51. The molecule has 2 heterocycles. The molecule has 1 aliphatic heterocycles. The molecule has 2 N–H and O–H groups in total. The van der Waals surface area contributed by atoms with Crippen LogP contribution in [0.1, 0.15) is 35.3 Å². The highest BCUT2D eigenvalue weighted by molar-refractivity contribution is 6.30. The average Bonchev–Trinajstić information content (AvgIpc) is 2.93. The molecule has 0 radical (unpaired) electrons. The average molecular weight is 625 g/mol. The Labute approximate surface area is 249 Å². The van der Waals surface area contributed by atoms with Crippen LogP contribution in [0.3, 0.4) is 0 Å². The summed E-state index contributed by atoms with van der Waals surface area (Å²) in [7, 11) is 0. The van der Waals surface area contributed by atoms with Gasteiger partial charge in [0.05, 0.1) is 11.3 Å². The predicted molar refractivity (Wildman–Crippen MR) is 153 cm³/mol. The van der Waals surface area contributed by atoms with Crippen molar-refractivity contribution in [1.82, 2.24) is 10.3 Å². The number of alkyl halides is 6. The smallest absolute Gasteiger partial charge is 0.411 e. The number of ether oxygens (including phenoxy) is 1. The molecular formula is C30H27ClF6N4O2. The van der Waals surface area contributed by atoms with Crippen molar-refractivity contribution in [2.45, 2.75) is 32.9 Å². The fraction of sp³-hybridized carbons (Fsp3) is 0.267. The Morgan fingerprint density at radius 1 is 1.07 bits per heavy atom. The zero-order chi connectivity index (χ0) is 31.4. The number of hydrogen-bond donors (Lipinski definition) is 2. The summed E-state index contributed by atoms with van der Waals surface area (Å²) >= 11 is 6.03. The van der Waals surface area contributed by atoms with E-state index in [1.165, 1.54) is 25.1 Å². The van der Waals surface area contributed by atoms with Crippen molar-refractivity contribution in [3.63, 3.8) is 0 Å². The first kappa shape index (κ1) is 31.7. The van der Waals surface area contributed by atoms with Gasteiger partial charge in [0, 0.05) is 48.5 Å². The van der Waals surface area contributed by atoms with E-state index in [0.29, 0.717) is 46.9 Å². The first-order valence-corrected chi connectivity index (χ1v) is 13.4. The monoisotopic (exact) mass is 624 g/mol. The van der Waals surface area contributed by atoms with E-state index in [1.54, 1.807) is 48.4 Å². The molecule has 2 aromatic carbocycles. The Bertz CT molecular complexity index is 1550. The highest BCUT2D eigenvalue weighted by Crippen LogP contribution is 2.37. The minimum Gasteiger partial charge on any atom is -0.411 e. The number of aromatic nitrogens is 1. The summed E-state index contributed by atoms with van der Waals surface area (Å²) in [6.07, 6.45) is -5.14. The molecule has 1 amide bonds. The van der Waals surface area contributed by atoms with E-state index in [4.69, 9.17) is 11.6 Å². The highest BCUT2D eigenvalue weighted by Gasteiger charge is 2.34. The summed E-state index contributed by atoms with van der Waals surface area (Å²) in [6.45, 7) is 3.77. The molecule has 0 bridgehead atoms. The Hall–Kier alpha value is -4.19. The number of allylic oxidation sites excluding steroid dienone is 3. The molecule has 0 fully saturated rings. The van der Waals surface area contributed by atoms with Gasteiger partial charge in [0.2, 0.25) is 0 Å². The number of rotatable bonds is 8. The summed E-state index contributed by atoms with van der Waals surface area (Å²) in [4.78, 5) is 19.1. The number of carbonyl (C=O) groups excluding carboxylic acids is 1. The second kappa shape index (κ2) is 13.0. The summed E-state index contributed by atoms with van der Waals surface area (Å²) < 4.78 is 81.7. The number of benzene rings is 2. The number of halogens is 7. The van der Waals surface area contributed by atoms with Crippen LogP contribution in [0.25, 0.3) is 11.1 Å². The number of carbonyl (C=O) groups is 1. The van der Waals surface area contributed by atoms with Crippen molar-refractivity contribution < 1.29 is 35.9 Å². The molecule has 0 spiro atoms. The topological polar surface area (TPSA) is 66.5 Å². The molecule has 3 aromatic rings. The molecule has 1 aliphatic rings. The maximum absolute atomic E-state index is 13.7. The lowest BCUT2D eigenvalue weighted by atomic mass is 10.0. The molecule has 4 rings (SSSR count). The second-order valence-electron chi connectivity index (χ2n) is 9.84. The van der Waals surface area contributed by atoms with Crippen molar-refractivity contribution in [2.24, 2.45) is 0 Å². The molecule has 6 nitrogen and oxygen atoms in total. The van der Waals surface area contributed by atoms with Crippen LogP contribution < -0.4 is 15.5 Å². The van der Waals surface area contributed by atoms with Crippen LogP contribution in [0.2, 0.25) is 5.02 Å². The van der Waals surface area contributed by atoms with E-state index in [2.05, 4.69) is 20.4 Å². The Kier molecular flexibility index (Phi) is 9.59. The maximum atomic E-state index is 13.7. The quantitative estimate of drug-likeness (QED) is 0.151. The van der Waals surface area contributed by atoms with Crippen LogP contribution in [-0.2, 0) is 17.5 Å². The Morgan fingerprint density at radius 2 is 1.84 bits per heavy atom. The van der Waals surface area contributed by atoms with Gasteiger partial charge in [-0.05, 0) is 67.4 Å². The second-order valence-corrected chi connectivity index (χ2v) is 10.3. The lowest BCUT2D eigenvalue weighted by molar-refractivity contribution is -0.305. The van der Waals surface area contributed by atoms with E-state index < -0.39 is 24.0 Å². The standard InChI is InChI=1S/C30H27ClF6N4O2/c1-18(6-7-19(2)43-30(35,36)37)15-40-28(42)21-5-3-4-20(12-21)22-14-26-27(39-16-22)38-10-11-41(26)17-23-13-24(31)8-9-25(23)29(32,33)34/h3-9,12-14,16H,10-11,15,17H2,1-2H3,(H,38,39)(H,40,42)/b18-6+,19-7+. The largest absolute Gasteiger partial charge is 0.572 e. The molecule has 43 heavy (non-hydrogen) atoms. The van der Waals surface area contributed by atoms with Gasteiger partial charge < -0.3 is 20.3 Å². The minimum atomic E-state index is -4.78. The van der Waals surface area contributed by atoms with Crippen LogP contribution in [-0.4, -0.2) is 36.9 Å². The third-order valence-electron chi connectivity index (χ3n) is 6.48. The van der Waals surface area contributed by atoms with E-state index in [0.717, 1.165) is 12.1 Å². The molecule has 0 saturated heterocycles. The van der Waals surface area contributed by atoms with Gasteiger partial charge in [0.1, 0.15) is 11.6 Å². The number of pyridine rings is 1. The van der Waals surface area contributed by atoms with Gasteiger partial charge in [-0.25, -0.2) is 4.98 Å². The van der Waals surface area contributed by atoms with Crippen LogP contribution in [0.15, 0.2) is 78.2 Å². The molecule has 13 heteroatoms. The first-order valence-electron chi connectivity index (χ1n) is 13.0. The molecular weight excluding hydrogens is 598 g/mol. The van der Waals surface area contributed by atoms with Gasteiger partial charge in [0.15, 0.2) is 0 Å². The van der Waals surface area contributed by atoms with Crippen molar-refractivity contribution >= 4 is 29.0 Å². The summed E-state index contributed by atoms with van der Waals surface area (Å²) in [5.41, 5.74) is 2.11. The van der Waals surface area contributed by atoms with Gasteiger partial charge in [-0.2, -0.15) is 13.2 Å². The third-order valence-corrected chi connectivity index (χ3v) is 6.72. The third kappa shape index (κ3) is 8.66. The fourth-order valence-corrected chi connectivity index (χ4v) is 4.65. The van der Waals surface area contributed by atoms with Gasteiger partial charge in [-0.3, -0.25) is 4.79 Å². The van der Waals surface area contributed by atoms with Crippen molar-refractivity contribution in [3.8, 4) is 11.1 Å². The molecule has 0 saturated carbocycles. The Morgan fingerprint density at radius 3 is 2.56 bits per heavy atom. The number of nitrogens with one attached hydrogen (secondary N) is 2. The van der Waals surface area contributed by atoms with Crippen LogP contribution in [0, 0.1) is 0 Å². The number of fused-ring (bicyclic) bond motifs is 1. The van der Waals surface area contributed by atoms with Crippen LogP contribution >= 0.6 is 11.6 Å². The van der Waals surface area contributed by atoms with Gasteiger partial charge in [0.25, 0.3) is 5.91 Å². The predicted octanol–water partition coefficient (Wildman–Crippen LogP) is 7.97. The zero-order valence-electron chi connectivity index (χ0n) is 23.0. The highest BCUT2D eigenvalue weighted by atomic mass is 35.5. The number of anilines is 2. The van der Waals surface area contributed by atoms with Gasteiger partial charge >= 0.3 is 12.5 Å². The summed E-state index contributed by atoms with van der Waals surface area (Å²) in [5, 5.41) is 6.08. The molecule has 0 unspecified atom stereocenters. The molecule has 228 valence electrons.